The molecule has 0 aliphatic carbocycles. The van der Waals surface area contributed by atoms with E-state index in [9.17, 15) is 4.21 Å². The zero-order chi connectivity index (χ0) is 15.0. The Bertz CT molecular complexity index is 822. The summed E-state index contributed by atoms with van der Waals surface area (Å²) in [5.74, 6) is 0. The van der Waals surface area contributed by atoms with Gasteiger partial charge in [0.05, 0.1) is 37.4 Å². The molecule has 0 saturated heterocycles. The molecular formula is C14H15N3OS3. The Morgan fingerprint density at radius 2 is 2.24 bits per heavy atom. The van der Waals surface area contributed by atoms with Gasteiger partial charge in [0.2, 0.25) is 0 Å². The molecule has 3 rings (SSSR count). The van der Waals surface area contributed by atoms with Crippen LogP contribution in [-0.2, 0) is 17.2 Å². The van der Waals surface area contributed by atoms with E-state index in [1.165, 1.54) is 4.88 Å². The maximum atomic E-state index is 12.9. The first kappa shape index (κ1) is 14.6. The van der Waals surface area contributed by atoms with Crippen LogP contribution in [0.1, 0.15) is 11.8 Å². The summed E-state index contributed by atoms with van der Waals surface area (Å²) in [6, 6.07) is 5.66. The van der Waals surface area contributed by atoms with Crippen molar-refractivity contribution in [3.8, 4) is 0 Å². The number of nitrogens with zero attached hydrogens (tertiary/aromatic N) is 1. The molecule has 3 N–H and O–H groups in total. The number of thioether (sulfide) groups is 1. The summed E-state index contributed by atoms with van der Waals surface area (Å²) in [4.78, 5) is 10.0. The molecule has 110 valence electrons. The summed E-state index contributed by atoms with van der Waals surface area (Å²) in [5, 5.41) is 0. The number of hydrogen-bond donors (Lipinski definition) is 2. The maximum absolute atomic E-state index is 12.9. The fourth-order valence-electron chi connectivity index (χ4n) is 2.13. The molecule has 1 atom stereocenters. The molecule has 0 amide bonds. The summed E-state index contributed by atoms with van der Waals surface area (Å²) in [5.41, 5.74) is 8.09. The van der Waals surface area contributed by atoms with Gasteiger partial charge in [-0.3, -0.25) is 0 Å². The molecule has 0 fully saturated rings. The van der Waals surface area contributed by atoms with Crippen molar-refractivity contribution in [3.63, 3.8) is 0 Å². The van der Waals surface area contributed by atoms with Crippen LogP contribution in [0.2, 0.25) is 0 Å². The minimum absolute atomic E-state index is 0.550. The van der Waals surface area contributed by atoms with E-state index < -0.39 is 10.8 Å². The Morgan fingerprint density at radius 3 is 2.95 bits per heavy atom. The number of nitrogen functional groups attached to an aromatic ring is 1. The molecule has 0 aliphatic heterocycles. The predicted molar refractivity (Wildman–Crippen MR) is 90.7 cm³/mol. The summed E-state index contributed by atoms with van der Waals surface area (Å²) in [6.45, 7) is 2.11. The number of rotatable bonds is 4. The van der Waals surface area contributed by atoms with Gasteiger partial charge in [0.15, 0.2) is 0 Å². The lowest BCUT2D eigenvalue weighted by molar-refractivity contribution is 0.682. The number of H-pyrrole nitrogens is 1. The van der Waals surface area contributed by atoms with Crippen LogP contribution in [0.15, 0.2) is 38.5 Å². The van der Waals surface area contributed by atoms with Crippen LogP contribution in [0.3, 0.4) is 0 Å². The minimum atomic E-state index is -1.23. The van der Waals surface area contributed by atoms with Gasteiger partial charge in [-0.05, 0) is 30.9 Å². The normalized spacial score (nSPS) is 12.9. The van der Waals surface area contributed by atoms with Gasteiger partial charge in [-0.1, -0.05) is 6.92 Å². The number of thiophene rings is 1. The standard InChI is InChI=1S/C14H15N3OS3/c1-3-8-4-12(14(19-2)20-8)21(18)9-5-10(15)13-11(6-9)16-7-17-13/h4-7H,3,15H2,1-2H3,(H,16,17). The SMILES string of the molecule is CCc1cc(S(=O)c2cc(N)c3nc[nH]c3c2)c(SC)s1. The lowest BCUT2D eigenvalue weighted by Crippen LogP contribution is -1.96. The van der Waals surface area contributed by atoms with Gasteiger partial charge in [-0.2, -0.15) is 0 Å². The number of nitrogens with one attached hydrogen (secondary N) is 1. The largest absolute Gasteiger partial charge is 0.397 e. The lowest BCUT2D eigenvalue weighted by atomic mass is 10.3. The van der Waals surface area contributed by atoms with E-state index in [0.29, 0.717) is 10.6 Å². The number of nitrogens with two attached hydrogens (primary N) is 1. The highest BCUT2D eigenvalue weighted by Gasteiger charge is 2.17. The van der Waals surface area contributed by atoms with Crippen LogP contribution in [-0.4, -0.2) is 20.4 Å². The zero-order valence-electron chi connectivity index (χ0n) is 11.7. The van der Waals surface area contributed by atoms with Crippen molar-refractivity contribution in [1.82, 2.24) is 9.97 Å². The fraction of sp³-hybridized carbons (Fsp3) is 0.214. The van der Waals surface area contributed by atoms with Gasteiger partial charge in [0.1, 0.15) is 5.52 Å². The monoisotopic (exact) mass is 337 g/mol. The van der Waals surface area contributed by atoms with Gasteiger partial charge >= 0.3 is 0 Å². The first-order valence-corrected chi connectivity index (χ1v) is 9.64. The van der Waals surface area contributed by atoms with Crippen molar-refractivity contribution in [2.24, 2.45) is 0 Å². The second-order valence-corrected chi connectivity index (χ2v) is 8.16. The van der Waals surface area contributed by atoms with Crippen LogP contribution in [0.5, 0.6) is 0 Å². The highest BCUT2D eigenvalue weighted by atomic mass is 32.2. The van der Waals surface area contributed by atoms with Crippen LogP contribution < -0.4 is 5.73 Å². The number of fused-ring (bicyclic) bond motifs is 1. The van der Waals surface area contributed by atoms with Crippen molar-refractivity contribution in [2.45, 2.75) is 27.3 Å². The molecule has 21 heavy (non-hydrogen) atoms. The van der Waals surface area contributed by atoms with E-state index in [4.69, 9.17) is 5.73 Å². The number of hydrogen-bond acceptors (Lipinski definition) is 5. The van der Waals surface area contributed by atoms with Crippen molar-refractivity contribution in [3.05, 3.63) is 29.4 Å². The first-order valence-electron chi connectivity index (χ1n) is 6.45. The second kappa shape index (κ2) is 5.82. The van der Waals surface area contributed by atoms with Crippen LogP contribution >= 0.6 is 23.1 Å². The van der Waals surface area contributed by atoms with Gasteiger partial charge in [-0.15, -0.1) is 23.1 Å². The lowest BCUT2D eigenvalue weighted by Gasteiger charge is -2.04. The number of benzene rings is 1. The predicted octanol–water partition coefficient (Wildman–Crippen LogP) is 3.66. The molecular weight excluding hydrogens is 322 g/mol. The minimum Gasteiger partial charge on any atom is -0.397 e. The third kappa shape index (κ3) is 2.61. The average molecular weight is 337 g/mol. The van der Waals surface area contributed by atoms with E-state index in [0.717, 1.165) is 26.6 Å². The summed E-state index contributed by atoms with van der Waals surface area (Å²) in [6.07, 6.45) is 4.57. The van der Waals surface area contributed by atoms with Crippen LogP contribution in [0.4, 0.5) is 5.69 Å². The van der Waals surface area contributed by atoms with Gasteiger partial charge in [0, 0.05) is 9.77 Å². The number of aromatic nitrogens is 2. The summed E-state index contributed by atoms with van der Waals surface area (Å²) < 4.78 is 14.0. The molecule has 4 nitrogen and oxygen atoms in total. The number of aryl methyl sites for hydroxylation is 1. The molecule has 1 aromatic carbocycles. The molecule has 0 spiro atoms. The molecule has 3 aromatic rings. The van der Waals surface area contributed by atoms with Gasteiger partial charge in [-0.25, -0.2) is 9.19 Å². The topological polar surface area (TPSA) is 71.8 Å². The molecule has 0 aliphatic rings. The molecule has 0 bridgehead atoms. The van der Waals surface area contributed by atoms with Crippen molar-refractivity contribution >= 4 is 50.6 Å². The molecule has 0 radical (unpaired) electrons. The maximum Gasteiger partial charge on any atom is 0.111 e. The molecule has 7 heteroatoms. The molecule has 0 saturated carbocycles. The van der Waals surface area contributed by atoms with Crippen molar-refractivity contribution in [1.29, 1.82) is 0 Å². The van der Waals surface area contributed by atoms with E-state index in [1.54, 1.807) is 35.5 Å². The van der Waals surface area contributed by atoms with Crippen LogP contribution in [0, 0.1) is 0 Å². The number of imidazole rings is 1. The van der Waals surface area contributed by atoms with E-state index >= 15 is 0 Å². The highest BCUT2D eigenvalue weighted by molar-refractivity contribution is 8.01. The van der Waals surface area contributed by atoms with E-state index in [2.05, 4.69) is 16.9 Å². The van der Waals surface area contributed by atoms with Crippen LogP contribution in [0.25, 0.3) is 11.0 Å². The average Bonchev–Trinajstić information content (AvgIpc) is 3.12. The van der Waals surface area contributed by atoms with E-state index in [-0.39, 0.29) is 0 Å². The number of anilines is 1. The third-order valence-corrected chi connectivity index (χ3v) is 7.25. The smallest absolute Gasteiger partial charge is 0.111 e. The summed E-state index contributed by atoms with van der Waals surface area (Å²) in [7, 11) is -1.23. The Balaban J connectivity index is 2.09. The number of aromatic amines is 1. The Kier molecular flexibility index (Phi) is 4.05. The molecule has 1 unspecified atom stereocenters. The van der Waals surface area contributed by atoms with Gasteiger partial charge in [0.25, 0.3) is 0 Å². The van der Waals surface area contributed by atoms with Crippen molar-refractivity contribution in [2.75, 3.05) is 12.0 Å². The molecule has 2 aromatic heterocycles. The van der Waals surface area contributed by atoms with Gasteiger partial charge < -0.3 is 10.7 Å². The molecule has 2 heterocycles. The third-order valence-electron chi connectivity index (χ3n) is 3.19. The second-order valence-electron chi connectivity index (χ2n) is 4.50. The van der Waals surface area contributed by atoms with Crippen molar-refractivity contribution < 1.29 is 4.21 Å². The van der Waals surface area contributed by atoms with E-state index in [1.807, 2.05) is 18.4 Å². The first-order chi connectivity index (χ1) is 10.1. The summed E-state index contributed by atoms with van der Waals surface area (Å²) >= 11 is 3.35. The Labute approximate surface area is 133 Å². The highest BCUT2D eigenvalue weighted by Crippen LogP contribution is 2.36. The Hall–Kier alpha value is -1.31. The zero-order valence-corrected chi connectivity index (χ0v) is 14.1. The Morgan fingerprint density at radius 1 is 1.43 bits per heavy atom. The quantitative estimate of drug-likeness (QED) is 0.563. The fourth-order valence-corrected chi connectivity index (χ4v) is 5.78.